The molecule has 9 nitrogen and oxygen atoms in total. The van der Waals surface area contributed by atoms with E-state index >= 15 is 4.39 Å². The Labute approximate surface area is 212 Å². The number of aryl methyl sites for hydroxylation is 1. The number of sulfone groups is 1. The number of methoxy groups -OCH3 is 2. The third-order valence-electron chi connectivity index (χ3n) is 7.25. The topological polar surface area (TPSA) is 120 Å². The largest absolute Gasteiger partial charge is 0.492 e. The van der Waals surface area contributed by atoms with Crippen LogP contribution in [0.5, 0.6) is 5.75 Å². The minimum Gasteiger partial charge on any atom is -0.492 e. The molecule has 0 unspecified atom stereocenters. The number of esters is 1. The number of imidazole rings is 1. The molecule has 0 amide bonds. The van der Waals surface area contributed by atoms with E-state index in [-0.39, 0.29) is 17.4 Å². The van der Waals surface area contributed by atoms with Crippen LogP contribution in [0.3, 0.4) is 0 Å². The van der Waals surface area contributed by atoms with E-state index in [1.807, 2.05) is 0 Å². The summed E-state index contributed by atoms with van der Waals surface area (Å²) in [7, 11) is -2.20. The molecular formula is C24H28FN3O6S2. The fourth-order valence-electron chi connectivity index (χ4n) is 4.80. The normalized spacial score (nSPS) is 17.0. The lowest BCUT2D eigenvalue weighted by Crippen LogP contribution is -2.41. The van der Waals surface area contributed by atoms with Crippen molar-refractivity contribution in [3.63, 3.8) is 0 Å². The molecule has 12 heteroatoms. The van der Waals surface area contributed by atoms with Gasteiger partial charge in [-0.05, 0) is 70.4 Å². The van der Waals surface area contributed by atoms with Crippen LogP contribution in [0.4, 0.5) is 4.39 Å². The van der Waals surface area contributed by atoms with Crippen LogP contribution in [0.2, 0.25) is 0 Å². The Bertz CT molecular complexity index is 1470. The molecule has 3 aromatic rings. The van der Waals surface area contributed by atoms with Crippen molar-refractivity contribution in [2.45, 2.75) is 61.7 Å². The fraction of sp³-hybridized carbons (Fsp3) is 0.542. The van der Waals surface area contributed by atoms with Gasteiger partial charge in [-0.2, -0.15) is 5.10 Å². The number of hydrogen-bond acceptors (Lipinski definition) is 9. The maximum Gasteiger partial charge on any atom is 0.327 e. The van der Waals surface area contributed by atoms with Crippen LogP contribution in [0, 0.1) is 24.6 Å². The summed E-state index contributed by atoms with van der Waals surface area (Å²) in [5.41, 5.74) is 0.119. The second kappa shape index (κ2) is 8.22. The first kappa shape index (κ1) is 25.1. The summed E-state index contributed by atoms with van der Waals surface area (Å²) in [5.74, 6) is -2.06. The Morgan fingerprint density at radius 2 is 1.81 bits per heavy atom. The van der Waals surface area contributed by atoms with E-state index in [1.54, 1.807) is 6.92 Å². The van der Waals surface area contributed by atoms with Crippen molar-refractivity contribution in [1.29, 1.82) is 0 Å². The zero-order chi connectivity index (χ0) is 26.2. The monoisotopic (exact) mass is 537 g/mol. The van der Waals surface area contributed by atoms with Crippen molar-refractivity contribution >= 4 is 32.1 Å². The molecule has 0 radical (unpaired) electrons. The van der Waals surface area contributed by atoms with Gasteiger partial charge in [-0.3, -0.25) is 4.79 Å². The van der Waals surface area contributed by atoms with Crippen LogP contribution in [0.25, 0.3) is 16.2 Å². The minimum absolute atomic E-state index is 0.168. The molecule has 36 heavy (non-hydrogen) atoms. The summed E-state index contributed by atoms with van der Waals surface area (Å²) >= 11 is 1.30. The zero-order valence-electron chi connectivity index (χ0n) is 20.7. The van der Waals surface area contributed by atoms with Crippen LogP contribution in [0.15, 0.2) is 17.0 Å². The number of fused-ring (bicyclic) bond motifs is 1. The van der Waals surface area contributed by atoms with E-state index in [9.17, 15) is 18.3 Å². The summed E-state index contributed by atoms with van der Waals surface area (Å²) in [6.07, 6.45) is 3.78. The van der Waals surface area contributed by atoms with Gasteiger partial charge >= 0.3 is 5.97 Å². The highest BCUT2D eigenvalue weighted by Gasteiger charge is 2.56. The second-order valence-electron chi connectivity index (χ2n) is 10.0. The van der Waals surface area contributed by atoms with E-state index in [4.69, 9.17) is 14.6 Å². The van der Waals surface area contributed by atoms with Gasteiger partial charge in [0.15, 0.2) is 26.2 Å². The number of carbonyl (C=O) groups excluding carboxylic acids is 1. The number of aromatic nitrogens is 3. The van der Waals surface area contributed by atoms with Gasteiger partial charge < -0.3 is 14.6 Å². The molecule has 0 spiro atoms. The van der Waals surface area contributed by atoms with Crippen molar-refractivity contribution in [2.75, 3.05) is 14.2 Å². The maximum absolute atomic E-state index is 15.3. The molecule has 2 fully saturated rings. The number of carbonyl (C=O) groups is 1. The van der Waals surface area contributed by atoms with Crippen molar-refractivity contribution < 1.29 is 32.2 Å². The lowest BCUT2D eigenvalue weighted by Gasteiger charge is -2.25. The van der Waals surface area contributed by atoms with E-state index in [1.165, 1.54) is 35.8 Å². The van der Waals surface area contributed by atoms with Gasteiger partial charge in [0.2, 0.25) is 4.96 Å². The maximum atomic E-state index is 15.3. The molecule has 1 N–H and O–H groups in total. The summed E-state index contributed by atoms with van der Waals surface area (Å²) in [5, 5.41) is 16.8. The van der Waals surface area contributed by atoms with Crippen LogP contribution >= 0.6 is 11.3 Å². The van der Waals surface area contributed by atoms with Crippen LogP contribution in [-0.4, -0.2) is 53.1 Å². The van der Waals surface area contributed by atoms with Gasteiger partial charge in [-0.1, -0.05) is 11.3 Å². The van der Waals surface area contributed by atoms with E-state index in [2.05, 4.69) is 4.98 Å². The quantitative estimate of drug-likeness (QED) is 0.433. The molecule has 2 saturated carbocycles. The average Bonchev–Trinajstić information content (AvgIpc) is 3.75. The van der Waals surface area contributed by atoms with Crippen molar-refractivity contribution in [2.24, 2.45) is 11.8 Å². The Kier molecular flexibility index (Phi) is 5.73. The summed E-state index contributed by atoms with van der Waals surface area (Å²) in [6, 6.07) is 2.43. The summed E-state index contributed by atoms with van der Waals surface area (Å²) < 4.78 is 51.7. The number of halogens is 1. The number of benzene rings is 1. The Morgan fingerprint density at radius 1 is 1.19 bits per heavy atom. The molecule has 194 valence electrons. The molecule has 2 aromatic heterocycles. The first-order valence-electron chi connectivity index (χ1n) is 11.7. The van der Waals surface area contributed by atoms with Crippen molar-refractivity contribution in [3.8, 4) is 17.0 Å². The Balaban J connectivity index is 1.69. The summed E-state index contributed by atoms with van der Waals surface area (Å²) in [4.78, 5) is 16.9. The number of nitrogens with zero attached hydrogens (tertiary/aromatic N) is 3. The lowest BCUT2D eigenvalue weighted by atomic mass is 9.93. The number of aliphatic hydroxyl groups is 1. The van der Waals surface area contributed by atoms with Gasteiger partial charge in [0.1, 0.15) is 15.5 Å². The van der Waals surface area contributed by atoms with E-state index in [0.29, 0.717) is 21.4 Å². The van der Waals surface area contributed by atoms with E-state index in [0.717, 1.165) is 46.0 Å². The highest BCUT2D eigenvalue weighted by Crippen LogP contribution is 2.58. The number of hydrogen-bond donors (Lipinski definition) is 1. The van der Waals surface area contributed by atoms with Crippen LogP contribution in [0.1, 0.15) is 50.2 Å². The molecule has 2 aliphatic rings. The zero-order valence-corrected chi connectivity index (χ0v) is 22.3. The SMILES string of the molecule is COC(=O)C(C)(C)S(=O)(=O)c1cc(-c2c(C)nc3sc(C(O)(C4CC4)C4CC4)nn23)cc(F)c1OC. The molecular weight excluding hydrogens is 509 g/mol. The molecule has 0 saturated heterocycles. The predicted molar refractivity (Wildman–Crippen MR) is 130 cm³/mol. The molecule has 0 atom stereocenters. The van der Waals surface area contributed by atoms with Crippen LogP contribution < -0.4 is 4.74 Å². The fourth-order valence-corrected chi connectivity index (χ4v) is 7.56. The molecule has 2 heterocycles. The van der Waals surface area contributed by atoms with Gasteiger partial charge in [0.25, 0.3) is 0 Å². The van der Waals surface area contributed by atoms with Gasteiger partial charge in [-0.25, -0.2) is 22.3 Å². The Morgan fingerprint density at radius 3 is 2.33 bits per heavy atom. The first-order chi connectivity index (χ1) is 16.9. The number of rotatable bonds is 8. The van der Waals surface area contributed by atoms with Crippen molar-refractivity contribution in [3.05, 3.63) is 28.7 Å². The standard InChI is InChI=1S/C24H28FN3O6S2/c1-12-18(28-22(26-12)35-20(27-28)24(30,14-6-7-14)15-8-9-15)13-10-16(25)19(33-4)17(11-13)36(31,32)23(2,3)21(29)34-5/h10-11,14-15,30H,6-9H2,1-5H3. The first-order valence-corrected chi connectivity index (χ1v) is 14.0. The highest BCUT2D eigenvalue weighted by atomic mass is 32.2. The van der Waals surface area contributed by atoms with Gasteiger partial charge in [0.05, 0.1) is 25.6 Å². The average molecular weight is 538 g/mol. The van der Waals surface area contributed by atoms with Crippen LogP contribution in [-0.2, 0) is 25.0 Å². The molecule has 5 rings (SSSR count). The predicted octanol–water partition coefficient (Wildman–Crippen LogP) is 3.65. The number of ether oxygens (including phenoxy) is 2. The second-order valence-corrected chi connectivity index (χ2v) is 13.4. The molecule has 0 aliphatic heterocycles. The highest BCUT2D eigenvalue weighted by molar-refractivity contribution is 7.93. The molecule has 1 aromatic carbocycles. The third kappa shape index (κ3) is 3.56. The smallest absolute Gasteiger partial charge is 0.327 e. The van der Waals surface area contributed by atoms with E-state index < -0.39 is 42.6 Å². The van der Waals surface area contributed by atoms with Gasteiger partial charge in [0, 0.05) is 5.56 Å². The Hall–Kier alpha value is -2.57. The summed E-state index contributed by atoms with van der Waals surface area (Å²) in [6.45, 7) is 4.12. The minimum atomic E-state index is -4.45. The molecule has 0 bridgehead atoms. The lowest BCUT2D eigenvalue weighted by molar-refractivity contribution is -0.142. The van der Waals surface area contributed by atoms with Crippen molar-refractivity contribution in [1.82, 2.24) is 14.6 Å². The third-order valence-corrected chi connectivity index (χ3v) is 10.7. The molecule has 2 aliphatic carbocycles. The van der Waals surface area contributed by atoms with Gasteiger partial charge in [-0.15, -0.1) is 0 Å².